The average Bonchev–Trinajstić information content (AvgIpc) is 2.45. The molecule has 0 saturated carbocycles. The third-order valence-corrected chi connectivity index (χ3v) is 4.07. The van der Waals surface area contributed by atoms with Crippen LogP contribution >= 0.6 is 11.6 Å². The number of rotatable bonds is 2. The van der Waals surface area contributed by atoms with E-state index in [1.54, 1.807) is 18.1 Å². The molecule has 0 aromatic heterocycles. The SMILES string of the molecule is COc1cc(C2CC(O)CCN2C(=O)OC(C)(C)C)ccc1Cl. The average molecular weight is 342 g/mol. The zero-order chi connectivity index (χ0) is 17.2. The monoisotopic (exact) mass is 341 g/mol. The fourth-order valence-corrected chi connectivity index (χ4v) is 2.88. The van der Waals surface area contributed by atoms with E-state index in [1.807, 2.05) is 32.9 Å². The van der Waals surface area contributed by atoms with Crippen LogP contribution in [0.1, 0.15) is 45.2 Å². The summed E-state index contributed by atoms with van der Waals surface area (Å²) in [5, 5.41) is 10.5. The molecule has 1 heterocycles. The second kappa shape index (κ2) is 6.97. The van der Waals surface area contributed by atoms with Crippen molar-refractivity contribution in [1.29, 1.82) is 0 Å². The van der Waals surface area contributed by atoms with Crippen LogP contribution in [0.25, 0.3) is 0 Å². The van der Waals surface area contributed by atoms with E-state index in [-0.39, 0.29) is 12.1 Å². The lowest BCUT2D eigenvalue weighted by Gasteiger charge is -2.39. The van der Waals surface area contributed by atoms with E-state index in [0.717, 1.165) is 5.56 Å². The Bertz CT molecular complexity index is 570. The van der Waals surface area contributed by atoms with Crippen LogP contribution in [0.5, 0.6) is 5.75 Å². The van der Waals surface area contributed by atoms with Crippen LogP contribution in [-0.4, -0.2) is 41.5 Å². The number of hydrogen-bond acceptors (Lipinski definition) is 4. The van der Waals surface area contributed by atoms with Gasteiger partial charge in [0.15, 0.2) is 0 Å². The summed E-state index contributed by atoms with van der Waals surface area (Å²) < 4.78 is 10.7. The Kier molecular flexibility index (Phi) is 5.42. The fraction of sp³-hybridized carbons (Fsp3) is 0.588. The quantitative estimate of drug-likeness (QED) is 0.889. The molecule has 6 heteroatoms. The molecular formula is C17H24ClNO4. The first-order valence-electron chi connectivity index (χ1n) is 7.72. The van der Waals surface area contributed by atoms with Gasteiger partial charge in [-0.2, -0.15) is 0 Å². The normalized spacial score (nSPS) is 21.9. The van der Waals surface area contributed by atoms with Gasteiger partial charge in [0.25, 0.3) is 0 Å². The maximum Gasteiger partial charge on any atom is 0.410 e. The summed E-state index contributed by atoms with van der Waals surface area (Å²) in [6.45, 7) is 5.96. The number of aliphatic hydroxyl groups is 1. The van der Waals surface area contributed by atoms with Gasteiger partial charge in [0.1, 0.15) is 11.4 Å². The molecule has 1 aliphatic rings. The summed E-state index contributed by atoms with van der Waals surface area (Å²) >= 11 is 6.07. The third kappa shape index (κ3) is 4.52. The van der Waals surface area contributed by atoms with Gasteiger partial charge in [-0.3, -0.25) is 0 Å². The summed E-state index contributed by atoms with van der Waals surface area (Å²) in [5.74, 6) is 0.549. The minimum absolute atomic E-state index is 0.264. The van der Waals surface area contributed by atoms with Crippen molar-refractivity contribution in [3.63, 3.8) is 0 Å². The van der Waals surface area contributed by atoms with Gasteiger partial charge >= 0.3 is 6.09 Å². The molecule has 128 valence electrons. The largest absolute Gasteiger partial charge is 0.495 e. The Morgan fingerprint density at radius 2 is 2.09 bits per heavy atom. The summed E-state index contributed by atoms with van der Waals surface area (Å²) in [4.78, 5) is 14.2. The van der Waals surface area contributed by atoms with Gasteiger partial charge in [-0.25, -0.2) is 4.79 Å². The number of halogens is 1. The highest BCUT2D eigenvalue weighted by molar-refractivity contribution is 6.32. The molecule has 2 unspecified atom stereocenters. The molecule has 0 bridgehead atoms. The van der Waals surface area contributed by atoms with Gasteiger partial charge in [0.05, 0.1) is 24.3 Å². The molecule has 1 aromatic rings. The van der Waals surface area contributed by atoms with Crippen LogP contribution in [-0.2, 0) is 4.74 Å². The molecule has 1 aromatic carbocycles. The second-order valence-corrected chi connectivity index (χ2v) is 7.17. The van der Waals surface area contributed by atoms with Gasteiger partial charge in [-0.1, -0.05) is 17.7 Å². The zero-order valence-corrected chi connectivity index (χ0v) is 14.8. The number of aliphatic hydroxyl groups excluding tert-OH is 1. The van der Waals surface area contributed by atoms with Gasteiger partial charge in [-0.15, -0.1) is 0 Å². The minimum Gasteiger partial charge on any atom is -0.495 e. The predicted octanol–water partition coefficient (Wildman–Crippen LogP) is 3.78. The number of hydrogen-bond donors (Lipinski definition) is 1. The Labute approximate surface area is 142 Å². The van der Waals surface area contributed by atoms with Crippen molar-refractivity contribution in [2.75, 3.05) is 13.7 Å². The van der Waals surface area contributed by atoms with E-state index in [0.29, 0.717) is 30.2 Å². The molecule has 2 rings (SSSR count). The number of amides is 1. The Balaban J connectivity index is 2.29. The highest BCUT2D eigenvalue weighted by atomic mass is 35.5. The van der Waals surface area contributed by atoms with E-state index in [4.69, 9.17) is 21.1 Å². The predicted molar refractivity (Wildman–Crippen MR) is 88.9 cm³/mol. The molecule has 1 fully saturated rings. The van der Waals surface area contributed by atoms with Crippen LogP contribution in [0.15, 0.2) is 18.2 Å². The second-order valence-electron chi connectivity index (χ2n) is 6.76. The first-order valence-corrected chi connectivity index (χ1v) is 8.10. The minimum atomic E-state index is -0.560. The lowest BCUT2D eigenvalue weighted by molar-refractivity contribution is -0.00846. The van der Waals surface area contributed by atoms with Crippen molar-refractivity contribution in [1.82, 2.24) is 4.90 Å². The lowest BCUT2D eigenvalue weighted by atomic mass is 9.93. The molecule has 5 nitrogen and oxygen atoms in total. The molecule has 1 amide bonds. The van der Waals surface area contributed by atoms with Crippen molar-refractivity contribution < 1.29 is 19.4 Å². The van der Waals surface area contributed by atoms with Crippen LogP contribution in [0.4, 0.5) is 4.79 Å². The summed E-state index contributed by atoms with van der Waals surface area (Å²) in [6, 6.07) is 5.14. The van der Waals surface area contributed by atoms with Gasteiger partial charge in [0, 0.05) is 6.54 Å². The first-order chi connectivity index (χ1) is 10.7. The molecule has 1 saturated heterocycles. The van der Waals surface area contributed by atoms with E-state index < -0.39 is 11.7 Å². The Morgan fingerprint density at radius 3 is 2.70 bits per heavy atom. The van der Waals surface area contributed by atoms with Crippen molar-refractivity contribution in [3.8, 4) is 5.75 Å². The number of piperidine rings is 1. The van der Waals surface area contributed by atoms with Crippen LogP contribution in [0.3, 0.4) is 0 Å². The van der Waals surface area contributed by atoms with Crippen LogP contribution in [0.2, 0.25) is 5.02 Å². The Morgan fingerprint density at radius 1 is 1.39 bits per heavy atom. The summed E-state index contributed by atoms with van der Waals surface area (Å²) in [7, 11) is 1.55. The molecule has 1 N–H and O–H groups in total. The summed E-state index contributed by atoms with van der Waals surface area (Å²) in [6.07, 6.45) is 0.188. The van der Waals surface area contributed by atoms with E-state index in [1.165, 1.54) is 0 Å². The molecule has 23 heavy (non-hydrogen) atoms. The van der Waals surface area contributed by atoms with E-state index in [2.05, 4.69) is 0 Å². The van der Waals surface area contributed by atoms with Gasteiger partial charge in [0.2, 0.25) is 0 Å². The number of benzene rings is 1. The molecule has 2 atom stereocenters. The van der Waals surface area contributed by atoms with E-state index in [9.17, 15) is 9.90 Å². The van der Waals surface area contributed by atoms with Crippen molar-refractivity contribution >= 4 is 17.7 Å². The zero-order valence-electron chi connectivity index (χ0n) is 14.0. The lowest BCUT2D eigenvalue weighted by Crippen LogP contribution is -2.44. The van der Waals surface area contributed by atoms with Gasteiger partial charge in [-0.05, 0) is 51.3 Å². The maximum atomic E-state index is 12.5. The molecule has 0 spiro atoms. The van der Waals surface area contributed by atoms with Crippen molar-refractivity contribution in [2.45, 2.75) is 51.4 Å². The first kappa shape index (κ1) is 17.9. The number of nitrogens with zero attached hydrogens (tertiary/aromatic N) is 1. The molecule has 0 radical (unpaired) electrons. The van der Waals surface area contributed by atoms with Crippen LogP contribution in [0, 0.1) is 0 Å². The molecule has 0 aliphatic carbocycles. The number of ether oxygens (including phenoxy) is 2. The third-order valence-electron chi connectivity index (χ3n) is 3.76. The maximum absolute atomic E-state index is 12.5. The standard InChI is InChI=1S/C17H24ClNO4/c1-17(2,3)23-16(21)19-8-7-12(20)10-14(19)11-5-6-13(18)15(9-11)22-4/h5-6,9,12,14,20H,7-8,10H2,1-4H3. The van der Waals surface area contributed by atoms with Crippen molar-refractivity contribution in [2.24, 2.45) is 0 Å². The van der Waals surface area contributed by atoms with E-state index >= 15 is 0 Å². The van der Waals surface area contributed by atoms with Gasteiger partial charge < -0.3 is 19.5 Å². The van der Waals surface area contributed by atoms with Crippen LogP contribution < -0.4 is 4.74 Å². The smallest absolute Gasteiger partial charge is 0.410 e. The number of carbonyl (C=O) groups excluding carboxylic acids is 1. The highest BCUT2D eigenvalue weighted by Gasteiger charge is 2.34. The number of likely N-dealkylation sites (tertiary alicyclic amines) is 1. The molecular weight excluding hydrogens is 318 g/mol. The number of methoxy groups -OCH3 is 1. The Hall–Kier alpha value is -1.46. The summed E-state index contributed by atoms with van der Waals surface area (Å²) in [5.41, 5.74) is 0.311. The fourth-order valence-electron chi connectivity index (χ4n) is 2.69. The number of carbonyl (C=O) groups is 1. The van der Waals surface area contributed by atoms with Crippen molar-refractivity contribution in [3.05, 3.63) is 28.8 Å². The molecule has 1 aliphatic heterocycles. The highest BCUT2D eigenvalue weighted by Crippen LogP contribution is 2.36. The topological polar surface area (TPSA) is 59.0 Å².